The van der Waals surface area contributed by atoms with E-state index in [0.29, 0.717) is 24.5 Å². The quantitative estimate of drug-likeness (QED) is 0.379. The normalized spacial score (nSPS) is 28.8. The first kappa shape index (κ1) is 28.0. The number of carbonyl (C=O) groups excluding carboxylic acids is 2. The Morgan fingerprint density at radius 2 is 2.08 bits per heavy atom. The zero-order valence-corrected chi connectivity index (χ0v) is 23.5. The lowest BCUT2D eigenvalue weighted by Crippen LogP contribution is -2.50. The van der Waals surface area contributed by atoms with Crippen LogP contribution in [-0.2, 0) is 14.3 Å². The van der Waals surface area contributed by atoms with Gasteiger partial charge in [-0.1, -0.05) is 6.92 Å². The van der Waals surface area contributed by atoms with Crippen LogP contribution in [0.25, 0.3) is 0 Å². The van der Waals surface area contributed by atoms with Gasteiger partial charge in [0.1, 0.15) is 11.9 Å². The summed E-state index contributed by atoms with van der Waals surface area (Å²) >= 11 is 0. The molecule has 10 heteroatoms. The van der Waals surface area contributed by atoms with Crippen LogP contribution in [0.5, 0.6) is 5.75 Å². The highest BCUT2D eigenvalue weighted by atomic mass is 28.4. The third-order valence-corrected chi connectivity index (χ3v) is 10.7. The molecule has 9 nitrogen and oxygen atoms in total. The van der Waals surface area contributed by atoms with Gasteiger partial charge >= 0.3 is 0 Å². The number of methoxy groups -OCH3 is 1. The zero-order chi connectivity index (χ0) is 26.7. The lowest BCUT2D eigenvalue weighted by atomic mass is 9.86. The van der Waals surface area contributed by atoms with Crippen LogP contribution in [0.3, 0.4) is 0 Å². The molecule has 2 fully saturated rings. The first-order chi connectivity index (χ1) is 17.6. The second-order valence-corrected chi connectivity index (χ2v) is 15.5. The molecule has 3 heterocycles. The molecule has 3 aliphatic rings. The molecule has 3 aliphatic heterocycles. The Kier molecular flexibility index (Phi) is 8.95. The van der Waals surface area contributed by atoms with Crippen molar-refractivity contribution in [3.8, 4) is 5.75 Å². The SMILES string of the molecule is CO[C@H]1c2cc(NC(=O)C3CCCNC3)ccc2O[C@@H](C(CC(=O)N2CCC[C@H]2CO)[Si](C)(C)O)[C@@H]1C. The maximum absolute atomic E-state index is 13.3. The van der Waals surface area contributed by atoms with Gasteiger partial charge in [-0.3, -0.25) is 9.59 Å². The summed E-state index contributed by atoms with van der Waals surface area (Å²) in [6.07, 6.45) is 3.02. The smallest absolute Gasteiger partial charge is 0.228 e. The standard InChI is InChI=1S/C27H43N3O6Si/c1-17-25(35-2)21-13-19(29-27(33)18-7-5-11-28-15-18)9-10-22(21)36-26(17)23(37(3,4)34)14-24(32)30-12-6-8-20(30)16-31/h9-10,13,17-18,20,23,25-26,28,31,34H,5-8,11-12,14-16H2,1-4H3,(H,29,33)/t17-,18?,20+,23?,25-,26-/m1/s1. The van der Waals surface area contributed by atoms with Crippen LogP contribution in [0.4, 0.5) is 5.69 Å². The first-order valence-corrected chi connectivity index (χ1v) is 16.6. The van der Waals surface area contributed by atoms with Crippen molar-refractivity contribution >= 4 is 25.8 Å². The van der Waals surface area contributed by atoms with E-state index in [1.807, 2.05) is 38.2 Å². The van der Waals surface area contributed by atoms with E-state index in [1.165, 1.54) is 0 Å². The molecule has 0 bridgehead atoms. The van der Waals surface area contributed by atoms with Gasteiger partial charge in [-0.2, -0.15) is 0 Å². The fourth-order valence-electron chi connectivity index (χ4n) is 6.20. The molecule has 4 rings (SSSR count). The van der Waals surface area contributed by atoms with Crippen LogP contribution < -0.4 is 15.4 Å². The summed E-state index contributed by atoms with van der Waals surface area (Å²) in [5.41, 5.74) is 1.21. The van der Waals surface area contributed by atoms with Crippen molar-refractivity contribution in [2.45, 2.75) is 75.9 Å². The van der Waals surface area contributed by atoms with Crippen LogP contribution in [-0.4, -0.2) is 80.4 Å². The molecule has 1 aromatic rings. The number of carbonyl (C=O) groups is 2. The van der Waals surface area contributed by atoms with E-state index in [1.54, 1.807) is 12.0 Å². The summed E-state index contributed by atoms with van der Waals surface area (Å²) in [6.45, 7) is 7.98. The minimum atomic E-state index is -2.83. The van der Waals surface area contributed by atoms with Gasteiger partial charge in [0.25, 0.3) is 0 Å². The van der Waals surface area contributed by atoms with Gasteiger partial charge in [-0.15, -0.1) is 0 Å². The number of amides is 2. The van der Waals surface area contributed by atoms with Gasteiger partial charge in [0.05, 0.1) is 24.7 Å². The zero-order valence-electron chi connectivity index (χ0n) is 22.5. The van der Waals surface area contributed by atoms with Gasteiger partial charge in [-0.05, 0) is 63.5 Å². The second kappa shape index (κ2) is 11.8. The Morgan fingerprint density at radius 1 is 1.30 bits per heavy atom. The average Bonchev–Trinajstić information content (AvgIpc) is 3.36. The predicted octanol–water partition coefficient (Wildman–Crippen LogP) is 2.65. The van der Waals surface area contributed by atoms with Gasteiger partial charge < -0.3 is 34.9 Å². The number of rotatable bonds is 8. The lowest BCUT2D eigenvalue weighted by Gasteiger charge is -2.44. The van der Waals surface area contributed by atoms with E-state index in [2.05, 4.69) is 10.6 Å². The van der Waals surface area contributed by atoms with E-state index < -0.39 is 14.4 Å². The number of likely N-dealkylation sites (tertiary alicyclic amines) is 1. The first-order valence-electron chi connectivity index (χ1n) is 13.6. The van der Waals surface area contributed by atoms with Crippen molar-refractivity contribution in [1.29, 1.82) is 0 Å². The monoisotopic (exact) mass is 533 g/mol. The van der Waals surface area contributed by atoms with Crippen molar-refractivity contribution < 1.29 is 29.0 Å². The summed E-state index contributed by atoms with van der Waals surface area (Å²) < 4.78 is 12.5. The maximum Gasteiger partial charge on any atom is 0.228 e. The molecular weight excluding hydrogens is 490 g/mol. The Morgan fingerprint density at radius 3 is 2.73 bits per heavy atom. The van der Waals surface area contributed by atoms with Crippen molar-refractivity contribution in [2.24, 2.45) is 11.8 Å². The molecule has 2 amide bonds. The summed E-state index contributed by atoms with van der Waals surface area (Å²) in [7, 11) is -1.17. The number of anilines is 1. The number of fused-ring (bicyclic) bond motifs is 1. The highest BCUT2D eigenvalue weighted by Gasteiger charge is 2.48. The fourth-order valence-corrected chi connectivity index (χ4v) is 8.05. The van der Waals surface area contributed by atoms with E-state index in [9.17, 15) is 19.5 Å². The third-order valence-electron chi connectivity index (χ3n) is 8.37. The molecule has 1 aromatic carbocycles. The molecule has 2 unspecified atom stereocenters. The number of aliphatic hydroxyl groups excluding tert-OH is 1. The minimum Gasteiger partial charge on any atom is -0.490 e. The van der Waals surface area contributed by atoms with Crippen LogP contribution >= 0.6 is 0 Å². The molecule has 4 N–H and O–H groups in total. The molecule has 37 heavy (non-hydrogen) atoms. The van der Waals surface area contributed by atoms with Crippen LogP contribution in [0.1, 0.15) is 50.7 Å². The number of benzene rings is 1. The number of aliphatic hydroxyl groups is 1. The van der Waals surface area contributed by atoms with E-state index in [0.717, 1.165) is 37.8 Å². The van der Waals surface area contributed by atoms with E-state index in [4.69, 9.17) is 9.47 Å². The fraction of sp³-hybridized carbons (Fsp3) is 0.704. The minimum absolute atomic E-state index is 0.0125. The number of nitrogens with one attached hydrogen (secondary N) is 2. The molecule has 0 aromatic heterocycles. The van der Waals surface area contributed by atoms with Crippen molar-refractivity contribution in [3.05, 3.63) is 23.8 Å². The number of hydrogen-bond donors (Lipinski definition) is 4. The molecule has 2 saturated heterocycles. The highest BCUT2D eigenvalue weighted by Crippen LogP contribution is 2.47. The van der Waals surface area contributed by atoms with Gasteiger partial charge in [0.15, 0.2) is 8.32 Å². The topological polar surface area (TPSA) is 120 Å². The molecule has 206 valence electrons. The van der Waals surface area contributed by atoms with Gasteiger partial charge in [0, 0.05) is 49.3 Å². The second-order valence-electron chi connectivity index (χ2n) is 11.4. The number of piperidine rings is 1. The predicted molar refractivity (Wildman–Crippen MR) is 144 cm³/mol. The Hall–Kier alpha value is -1.98. The van der Waals surface area contributed by atoms with Crippen LogP contribution in [0.2, 0.25) is 18.6 Å². The maximum atomic E-state index is 13.3. The largest absolute Gasteiger partial charge is 0.490 e. The Labute approximate surface area is 221 Å². The Bertz CT molecular complexity index is 964. The van der Waals surface area contributed by atoms with E-state index >= 15 is 0 Å². The molecule has 0 radical (unpaired) electrons. The molecule has 0 saturated carbocycles. The lowest BCUT2D eigenvalue weighted by molar-refractivity contribution is -0.133. The summed E-state index contributed by atoms with van der Waals surface area (Å²) in [4.78, 5) is 39.1. The van der Waals surface area contributed by atoms with Crippen LogP contribution in [0, 0.1) is 11.8 Å². The van der Waals surface area contributed by atoms with Crippen molar-refractivity contribution in [1.82, 2.24) is 10.2 Å². The Balaban J connectivity index is 1.54. The number of hydrogen-bond acceptors (Lipinski definition) is 7. The summed E-state index contributed by atoms with van der Waals surface area (Å²) in [6, 6.07) is 5.46. The molecular formula is C27H43N3O6Si. The van der Waals surface area contributed by atoms with Crippen molar-refractivity contribution in [2.75, 3.05) is 38.7 Å². The molecule has 6 atom stereocenters. The number of nitrogens with zero attached hydrogens (tertiary/aromatic N) is 1. The molecule has 0 aliphatic carbocycles. The van der Waals surface area contributed by atoms with Gasteiger partial charge in [0.2, 0.25) is 11.8 Å². The van der Waals surface area contributed by atoms with Crippen LogP contribution in [0.15, 0.2) is 18.2 Å². The summed E-state index contributed by atoms with van der Waals surface area (Å²) in [5.74, 6) is 0.450. The van der Waals surface area contributed by atoms with Gasteiger partial charge in [-0.25, -0.2) is 0 Å². The highest BCUT2D eigenvalue weighted by molar-refractivity contribution is 6.71. The summed E-state index contributed by atoms with van der Waals surface area (Å²) in [5, 5.41) is 16.0. The number of ether oxygens (including phenoxy) is 2. The van der Waals surface area contributed by atoms with E-state index in [-0.39, 0.29) is 54.4 Å². The molecule has 0 spiro atoms. The average molecular weight is 534 g/mol. The third kappa shape index (κ3) is 6.20. The van der Waals surface area contributed by atoms with Crippen molar-refractivity contribution in [3.63, 3.8) is 0 Å².